The molecule has 0 saturated heterocycles. The van der Waals surface area contributed by atoms with E-state index in [1.807, 2.05) is 0 Å². The molecule has 0 aliphatic rings. The predicted octanol–water partition coefficient (Wildman–Crippen LogP) is 2.24. The lowest BCUT2D eigenvalue weighted by atomic mass is 10.7. The second-order valence-electron chi connectivity index (χ2n) is 1.95. The SMILES string of the molecule is Brc1nnc(Sc2ncccn2)s1. The van der Waals surface area contributed by atoms with Gasteiger partial charge in [-0.1, -0.05) is 11.3 Å². The molecule has 2 aromatic rings. The van der Waals surface area contributed by atoms with Crippen molar-refractivity contribution in [2.24, 2.45) is 0 Å². The van der Waals surface area contributed by atoms with E-state index < -0.39 is 0 Å². The molecule has 0 spiro atoms. The van der Waals surface area contributed by atoms with Gasteiger partial charge in [-0.25, -0.2) is 9.97 Å². The highest BCUT2D eigenvalue weighted by molar-refractivity contribution is 9.11. The zero-order valence-corrected chi connectivity index (χ0v) is 9.43. The molecule has 2 rings (SSSR count). The third-order valence-electron chi connectivity index (χ3n) is 1.10. The lowest BCUT2D eigenvalue weighted by molar-refractivity contribution is 0.951. The number of rotatable bonds is 2. The van der Waals surface area contributed by atoms with Crippen molar-refractivity contribution >= 4 is 39.0 Å². The molecule has 0 N–H and O–H groups in total. The monoisotopic (exact) mass is 274 g/mol. The summed E-state index contributed by atoms with van der Waals surface area (Å²) in [5.74, 6) is 0. The van der Waals surface area contributed by atoms with Crippen LogP contribution in [0, 0.1) is 0 Å². The van der Waals surface area contributed by atoms with Crippen LogP contribution in [0.2, 0.25) is 0 Å². The summed E-state index contributed by atoms with van der Waals surface area (Å²) < 4.78 is 1.60. The van der Waals surface area contributed by atoms with E-state index in [-0.39, 0.29) is 0 Å². The van der Waals surface area contributed by atoms with Crippen LogP contribution in [-0.4, -0.2) is 20.2 Å². The molecule has 2 heterocycles. The number of aromatic nitrogens is 4. The van der Waals surface area contributed by atoms with Gasteiger partial charge in [0, 0.05) is 12.4 Å². The van der Waals surface area contributed by atoms with Crippen molar-refractivity contribution in [2.75, 3.05) is 0 Å². The summed E-state index contributed by atoms with van der Waals surface area (Å²) in [6.45, 7) is 0. The van der Waals surface area contributed by atoms with E-state index in [1.165, 1.54) is 23.1 Å². The first-order chi connectivity index (χ1) is 6.34. The Hall–Kier alpha value is -0.530. The minimum atomic E-state index is 0.686. The first-order valence-corrected chi connectivity index (χ1v) is 5.71. The maximum absolute atomic E-state index is 4.06. The third kappa shape index (κ3) is 2.45. The summed E-state index contributed by atoms with van der Waals surface area (Å²) in [4.78, 5) is 8.12. The van der Waals surface area contributed by atoms with E-state index in [0.29, 0.717) is 5.16 Å². The average Bonchev–Trinajstić information content (AvgIpc) is 2.53. The lowest BCUT2D eigenvalue weighted by Gasteiger charge is -1.91. The first-order valence-electron chi connectivity index (χ1n) is 3.28. The number of halogens is 1. The Bertz CT molecular complexity index is 391. The Labute approximate surface area is 91.0 Å². The van der Waals surface area contributed by atoms with Gasteiger partial charge in [-0.3, -0.25) is 0 Å². The van der Waals surface area contributed by atoms with Gasteiger partial charge in [-0.2, -0.15) is 0 Å². The van der Waals surface area contributed by atoms with E-state index in [1.54, 1.807) is 18.5 Å². The number of nitrogens with zero attached hydrogens (tertiary/aromatic N) is 4. The van der Waals surface area contributed by atoms with Gasteiger partial charge < -0.3 is 0 Å². The normalized spacial score (nSPS) is 10.2. The fraction of sp³-hybridized carbons (Fsp3) is 0. The van der Waals surface area contributed by atoms with Crippen LogP contribution in [0.25, 0.3) is 0 Å². The van der Waals surface area contributed by atoms with E-state index in [2.05, 4.69) is 36.1 Å². The molecule has 0 aromatic carbocycles. The highest BCUT2D eigenvalue weighted by Gasteiger charge is 2.04. The molecule has 66 valence electrons. The van der Waals surface area contributed by atoms with Gasteiger partial charge in [0.1, 0.15) is 0 Å². The third-order valence-corrected chi connectivity index (χ3v) is 3.40. The minimum absolute atomic E-state index is 0.686. The largest absolute Gasteiger partial charge is 0.231 e. The second-order valence-corrected chi connectivity index (χ2v) is 5.42. The molecule has 0 atom stereocenters. The molecule has 2 aromatic heterocycles. The van der Waals surface area contributed by atoms with Crippen molar-refractivity contribution in [3.05, 3.63) is 22.4 Å². The molecule has 13 heavy (non-hydrogen) atoms. The maximum Gasteiger partial charge on any atom is 0.194 e. The van der Waals surface area contributed by atoms with Crippen LogP contribution < -0.4 is 0 Å². The molecular weight excluding hydrogens is 272 g/mol. The summed E-state index contributed by atoms with van der Waals surface area (Å²) in [5.41, 5.74) is 0. The molecule has 0 saturated carbocycles. The van der Waals surface area contributed by atoms with Crippen molar-refractivity contribution in [1.82, 2.24) is 20.2 Å². The summed E-state index contributed by atoms with van der Waals surface area (Å²) in [6, 6.07) is 1.78. The van der Waals surface area contributed by atoms with Crippen molar-refractivity contribution in [2.45, 2.75) is 9.50 Å². The van der Waals surface area contributed by atoms with Gasteiger partial charge in [-0.15, -0.1) is 10.2 Å². The van der Waals surface area contributed by atoms with Crippen LogP contribution in [-0.2, 0) is 0 Å². The highest BCUT2D eigenvalue weighted by atomic mass is 79.9. The predicted molar refractivity (Wildman–Crippen MR) is 53.8 cm³/mol. The van der Waals surface area contributed by atoms with E-state index in [0.717, 1.165) is 8.26 Å². The Morgan fingerprint density at radius 1 is 1.23 bits per heavy atom. The molecule has 0 unspecified atom stereocenters. The van der Waals surface area contributed by atoms with E-state index >= 15 is 0 Å². The zero-order chi connectivity index (χ0) is 9.10. The highest BCUT2D eigenvalue weighted by Crippen LogP contribution is 2.28. The Morgan fingerprint density at radius 3 is 2.62 bits per heavy atom. The molecule has 7 heteroatoms. The van der Waals surface area contributed by atoms with Gasteiger partial charge in [0.2, 0.25) is 0 Å². The van der Waals surface area contributed by atoms with Gasteiger partial charge in [0.15, 0.2) is 13.4 Å². The van der Waals surface area contributed by atoms with Crippen LogP contribution in [0.3, 0.4) is 0 Å². The molecule has 0 amide bonds. The van der Waals surface area contributed by atoms with Gasteiger partial charge >= 0.3 is 0 Å². The molecule has 0 fully saturated rings. The Morgan fingerprint density at radius 2 is 2.00 bits per heavy atom. The summed E-state index contributed by atoms with van der Waals surface area (Å²) in [5, 5.41) is 8.42. The van der Waals surface area contributed by atoms with E-state index in [9.17, 15) is 0 Å². The molecule has 0 radical (unpaired) electrons. The maximum atomic E-state index is 4.06. The lowest BCUT2D eigenvalue weighted by Crippen LogP contribution is -1.82. The van der Waals surface area contributed by atoms with Crippen LogP contribution in [0.4, 0.5) is 0 Å². The second kappa shape index (κ2) is 4.12. The van der Waals surface area contributed by atoms with Crippen LogP contribution in [0.15, 0.2) is 31.9 Å². The molecule has 4 nitrogen and oxygen atoms in total. The van der Waals surface area contributed by atoms with Gasteiger partial charge in [0.05, 0.1) is 0 Å². The molecular formula is C6H3BrN4S2. The van der Waals surface area contributed by atoms with E-state index in [4.69, 9.17) is 0 Å². The summed E-state index contributed by atoms with van der Waals surface area (Å²) in [6.07, 6.45) is 3.40. The van der Waals surface area contributed by atoms with Gasteiger partial charge in [0.25, 0.3) is 0 Å². The zero-order valence-electron chi connectivity index (χ0n) is 6.22. The molecule has 0 aliphatic carbocycles. The number of hydrogen-bond acceptors (Lipinski definition) is 6. The van der Waals surface area contributed by atoms with Crippen LogP contribution >= 0.6 is 39.0 Å². The van der Waals surface area contributed by atoms with Crippen molar-refractivity contribution in [3.8, 4) is 0 Å². The van der Waals surface area contributed by atoms with Crippen LogP contribution in [0.1, 0.15) is 0 Å². The fourth-order valence-corrected chi connectivity index (χ4v) is 2.91. The first kappa shape index (κ1) is 9.04. The quantitative estimate of drug-likeness (QED) is 0.787. The van der Waals surface area contributed by atoms with Crippen molar-refractivity contribution in [3.63, 3.8) is 0 Å². The van der Waals surface area contributed by atoms with Crippen molar-refractivity contribution in [1.29, 1.82) is 0 Å². The Kier molecular flexibility index (Phi) is 2.87. The summed E-state index contributed by atoms with van der Waals surface area (Å²) in [7, 11) is 0. The molecule has 0 bridgehead atoms. The summed E-state index contributed by atoms with van der Waals surface area (Å²) >= 11 is 6.10. The number of hydrogen-bond donors (Lipinski definition) is 0. The standard InChI is InChI=1S/C6H3BrN4S2/c7-4-10-11-6(12-4)13-5-8-2-1-3-9-5/h1-3H. The fourth-order valence-electron chi connectivity index (χ4n) is 0.650. The Balaban J connectivity index is 2.15. The smallest absolute Gasteiger partial charge is 0.194 e. The topological polar surface area (TPSA) is 51.6 Å². The van der Waals surface area contributed by atoms with Crippen molar-refractivity contribution < 1.29 is 0 Å². The minimum Gasteiger partial charge on any atom is -0.231 e. The van der Waals surface area contributed by atoms with Crippen LogP contribution in [0.5, 0.6) is 0 Å². The molecule has 0 aliphatic heterocycles. The van der Waals surface area contributed by atoms with Gasteiger partial charge in [-0.05, 0) is 33.8 Å². The average molecular weight is 275 g/mol.